The molecule has 0 amide bonds. The van der Waals surface area contributed by atoms with Crippen LogP contribution in [0.15, 0.2) is 22.2 Å². The Balaban J connectivity index is 1.83. The summed E-state index contributed by atoms with van der Waals surface area (Å²) in [5.41, 5.74) is 2.23. The van der Waals surface area contributed by atoms with Gasteiger partial charge in [-0.25, -0.2) is 14.8 Å². The van der Waals surface area contributed by atoms with Crippen molar-refractivity contribution in [3.63, 3.8) is 0 Å². The maximum atomic E-state index is 11.0. The molecule has 2 N–H and O–H groups in total. The molecule has 3 aromatic rings. The average molecular weight is 303 g/mol. The zero-order valence-electron chi connectivity index (χ0n) is 11.5. The molecule has 0 unspecified atom stereocenters. The highest BCUT2D eigenvalue weighted by Gasteiger charge is 2.14. The number of thiophene rings is 1. The first-order chi connectivity index (χ1) is 10.1. The third-order valence-electron chi connectivity index (χ3n) is 3.16. The second-order valence-electron chi connectivity index (χ2n) is 4.66. The molecule has 3 heterocycles. The number of fused-ring (bicyclic) bond motifs is 1. The van der Waals surface area contributed by atoms with E-state index >= 15 is 0 Å². The summed E-state index contributed by atoms with van der Waals surface area (Å²) in [6, 6.07) is 1.53. The number of anilines is 1. The molecule has 0 aliphatic rings. The van der Waals surface area contributed by atoms with Crippen LogP contribution in [0.3, 0.4) is 0 Å². The minimum Gasteiger partial charge on any atom is -0.478 e. The molecule has 3 rings (SSSR count). The van der Waals surface area contributed by atoms with Gasteiger partial charge < -0.3 is 14.8 Å². The summed E-state index contributed by atoms with van der Waals surface area (Å²) >= 11 is 1.58. The van der Waals surface area contributed by atoms with Crippen LogP contribution in [0, 0.1) is 13.8 Å². The monoisotopic (exact) mass is 303 g/mol. The van der Waals surface area contributed by atoms with Crippen molar-refractivity contribution in [3.05, 3.63) is 40.4 Å². The molecule has 0 saturated carbocycles. The molecule has 108 valence electrons. The Morgan fingerprint density at radius 3 is 2.95 bits per heavy atom. The fourth-order valence-corrected chi connectivity index (χ4v) is 3.08. The minimum atomic E-state index is -0.985. The van der Waals surface area contributed by atoms with Gasteiger partial charge in [-0.2, -0.15) is 0 Å². The maximum absolute atomic E-state index is 11.0. The lowest BCUT2D eigenvalue weighted by atomic mass is 10.2. The lowest BCUT2D eigenvalue weighted by Crippen LogP contribution is -2.01. The summed E-state index contributed by atoms with van der Waals surface area (Å²) in [7, 11) is 0. The number of carboxylic acids is 1. The predicted octanol–water partition coefficient (Wildman–Crippen LogP) is 3.21. The van der Waals surface area contributed by atoms with Gasteiger partial charge in [0.25, 0.3) is 0 Å². The second-order valence-corrected chi connectivity index (χ2v) is 5.54. The highest BCUT2D eigenvalue weighted by molar-refractivity contribution is 7.18. The van der Waals surface area contributed by atoms with Crippen molar-refractivity contribution < 1.29 is 14.3 Å². The van der Waals surface area contributed by atoms with Crippen molar-refractivity contribution in [3.8, 4) is 0 Å². The summed E-state index contributed by atoms with van der Waals surface area (Å²) in [5.74, 6) is 0.703. The number of hydrogen-bond acceptors (Lipinski definition) is 6. The number of rotatable bonds is 4. The van der Waals surface area contributed by atoms with Crippen molar-refractivity contribution in [2.24, 2.45) is 0 Å². The number of carbonyl (C=O) groups is 1. The molecular weight excluding hydrogens is 290 g/mol. The fourth-order valence-electron chi connectivity index (χ4n) is 2.11. The van der Waals surface area contributed by atoms with Gasteiger partial charge in [-0.3, -0.25) is 0 Å². The summed E-state index contributed by atoms with van der Waals surface area (Å²) in [5, 5.41) is 14.2. The number of aromatic nitrogens is 2. The Labute approximate surface area is 124 Å². The molecule has 6 nitrogen and oxygen atoms in total. The largest absolute Gasteiger partial charge is 0.478 e. The molecule has 0 saturated heterocycles. The van der Waals surface area contributed by atoms with Gasteiger partial charge in [0, 0.05) is 0 Å². The number of furan rings is 1. The molecule has 0 bridgehead atoms. The van der Waals surface area contributed by atoms with Crippen molar-refractivity contribution in [1.82, 2.24) is 9.97 Å². The minimum absolute atomic E-state index is 0.187. The quantitative estimate of drug-likeness (QED) is 0.769. The zero-order valence-corrected chi connectivity index (χ0v) is 12.3. The van der Waals surface area contributed by atoms with E-state index in [4.69, 9.17) is 9.52 Å². The van der Waals surface area contributed by atoms with Crippen molar-refractivity contribution >= 4 is 33.3 Å². The van der Waals surface area contributed by atoms with Gasteiger partial charge >= 0.3 is 5.97 Å². The first-order valence-electron chi connectivity index (χ1n) is 6.31. The van der Waals surface area contributed by atoms with Gasteiger partial charge in [0.2, 0.25) is 0 Å². The van der Waals surface area contributed by atoms with E-state index < -0.39 is 5.97 Å². The van der Waals surface area contributed by atoms with E-state index in [2.05, 4.69) is 15.3 Å². The lowest BCUT2D eigenvalue weighted by Gasteiger charge is -2.04. The molecule has 0 radical (unpaired) electrons. The Hall–Kier alpha value is -2.41. The Morgan fingerprint density at radius 1 is 1.43 bits per heavy atom. The molecule has 3 aromatic heterocycles. The zero-order chi connectivity index (χ0) is 15.0. The summed E-state index contributed by atoms with van der Waals surface area (Å²) < 4.78 is 6.41. The fraction of sp³-hybridized carbons (Fsp3) is 0.214. The van der Waals surface area contributed by atoms with Crippen LogP contribution in [-0.2, 0) is 6.54 Å². The number of nitrogens with one attached hydrogen (secondary N) is 1. The highest BCUT2D eigenvalue weighted by Crippen LogP contribution is 2.28. The van der Waals surface area contributed by atoms with Crippen LogP contribution in [0.4, 0.5) is 5.82 Å². The number of carboxylic acid groups (broad SMARTS) is 1. The summed E-state index contributed by atoms with van der Waals surface area (Å²) in [6.45, 7) is 4.01. The van der Waals surface area contributed by atoms with Crippen LogP contribution in [-0.4, -0.2) is 21.0 Å². The van der Waals surface area contributed by atoms with Crippen LogP contribution in [0.1, 0.15) is 27.4 Å². The maximum Gasteiger partial charge on any atom is 0.339 e. The Morgan fingerprint density at radius 2 is 2.24 bits per heavy atom. The molecule has 0 atom stereocenters. The number of aromatic carboxylic acids is 1. The van der Waals surface area contributed by atoms with E-state index in [0.717, 1.165) is 21.6 Å². The van der Waals surface area contributed by atoms with Crippen LogP contribution < -0.4 is 5.32 Å². The first kappa shape index (κ1) is 13.6. The molecule has 21 heavy (non-hydrogen) atoms. The van der Waals surface area contributed by atoms with Crippen LogP contribution in [0.25, 0.3) is 10.2 Å². The van der Waals surface area contributed by atoms with E-state index in [1.165, 1.54) is 12.4 Å². The summed E-state index contributed by atoms with van der Waals surface area (Å²) in [6.07, 6.45) is 1.51. The van der Waals surface area contributed by atoms with Crippen molar-refractivity contribution in [2.45, 2.75) is 20.4 Å². The van der Waals surface area contributed by atoms with Gasteiger partial charge in [-0.1, -0.05) is 0 Å². The van der Waals surface area contributed by atoms with Crippen LogP contribution in [0.5, 0.6) is 0 Å². The highest BCUT2D eigenvalue weighted by atomic mass is 32.1. The summed E-state index contributed by atoms with van der Waals surface area (Å²) in [4.78, 5) is 19.5. The molecular formula is C14H13N3O3S. The van der Waals surface area contributed by atoms with Gasteiger partial charge in [-0.15, -0.1) is 11.3 Å². The first-order valence-corrected chi connectivity index (χ1v) is 7.19. The third kappa shape index (κ3) is 2.47. The van der Waals surface area contributed by atoms with Crippen molar-refractivity contribution in [2.75, 3.05) is 5.32 Å². The third-order valence-corrected chi connectivity index (χ3v) is 4.25. The van der Waals surface area contributed by atoms with Gasteiger partial charge in [0.1, 0.15) is 29.2 Å². The smallest absolute Gasteiger partial charge is 0.339 e. The number of hydrogen-bond donors (Lipinski definition) is 2. The lowest BCUT2D eigenvalue weighted by molar-refractivity contribution is 0.0695. The molecule has 7 heteroatoms. The molecule has 0 spiro atoms. The van der Waals surface area contributed by atoms with E-state index in [0.29, 0.717) is 18.1 Å². The topological polar surface area (TPSA) is 88.3 Å². The van der Waals surface area contributed by atoms with E-state index in [-0.39, 0.29) is 5.56 Å². The van der Waals surface area contributed by atoms with Crippen LogP contribution in [0.2, 0.25) is 0 Å². The number of nitrogens with zero attached hydrogens (tertiary/aromatic N) is 2. The van der Waals surface area contributed by atoms with E-state index in [1.54, 1.807) is 18.3 Å². The molecule has 0 fully saturated rings. The second kappa shape index (κ2) is 5.17. The molecule has 0 aromatic carbocycles. The SMILES string of the molecule is Cc1oc(CNc2ncnc3c(C)csc23)cc1C(=O)O. The number of aryl methyl sites for hydroxylation is 2. The Kier molecular flexibility index (Phi) is 3.34. The van der Waals surface area contributed by atoms with E-state index in [1.807, 2.05) is 12.3 Å². The Bertz CT molecular complexity index is 822. The molecule has 0 aliphatic carbocycles. The normalized spacial score (nSPS) is 11.0. The van der Waals surface area contributed by atoms with E-state index in [9.17, 15) is 4.79 Å². The standard InChI is InChI=1S/C14H13N3O3S/c1-7-5-21-12-11(7)16-6-17-13(12)15-4-9-3-10(14(18)19)8(2)20-9/h3,5-6H,4H2,1-2H3,(H,18,19)(H,15,16,17). The predicted molar refractivity (Wildman–Crippen MR) is 79.9 cm³/mol. The average Bonchev–Trinajstić information content (AvgIpc) is 3.01. The van der Waals surface area contributed by atoms with Gasteiger partial charge in [-0.05, 0) is 30.9 Å². The van der Waals surface area contributed by atoms with Crippen molar-refractivity contribution in [1.29, 1.82) is 0 Å². The van der Waals surface area contributed by atoms with Gasteiger partial charge in [0.05, 0.1) is 16.8 Å². The molecule has 0 aliphatic heterocycles. The van der Waals surface area contributed by atoms with Gasteiger partial charge in [0.15, 0.2) is 0 Å². The van der Waals surface area contributed by atoms with Crippen LogP contribution >= 0.6 is 11.3 Å².